The fourth-order valence-corrected chi connectivity index (χ4v) is 5.07. The van der Waals surface area contributed by atoms with Crippen molar-refractivity contribution in [1.29, 1.82) is 0 Å². The number of nitro benzene ring substituents is 1. The van der Waals surface area contributed by atoms with E-state index in [1.54, 1.807) is 38.3 Å². The Balaban J connectivity index is 1.86. The van der Waals surface area contributed by atoms with Crippen molar-refractivity contribution in [2.24, 2.45) is 0 Å². The molecule has 0 fully saturated rings. The first kappa shape index (κ1) is 24.1. The first-order valence-electron chi connectivity index (χ1n) is 9.66. The van der Waals surface area contributed by atoms with E-state index in [2.05, 4.69) is 15.5 Å². The molecule has 0 saturated carbocycles. The third-order valence-electron chi connectivity index (χ3n) is 4.62. The minimum Gasteiger partial charge on any atom is -0.497 e. The van der Waals surface area contributed by atoms with Gasteiger partial charge < -0.3 is 4.74 Å². The number of nitrogens with one attached hydrogen (secondary N) is 1. The van der Waals surface area contributed by atoms with Gasteiger partial charge in [0.1, 0.15) is 16.8 Å². The van der Waals surface area contributed by atoms with Crippen molar-refractivity contribution in [1.82, 2.24) is 10.2 Å². The van der Waals surface area contributed by atoms with Crippen LogP contribution in [0.5, 0.6) is 5.75 Å². The van der Waals surface area contributed by atoms with Gasteiger partial charge in [-0.3, -0.25) is 24.5 Å². The summed E-state index contributed by atoms with van der Waals surface area (Å²) in [7, 11) is -2.39. The minimum absolute atomic E-state index is 0.0184. The lowest BCUT2D eigenvalue weighted by molar-refractivity contribution is -0.384. The molecule has 1 atom stereocenters. The Hall–Kier alpha value is -3.58. The number of amides is 1. The van der Waals surface area contributed by atoms with Crippen molar-refractivity contribution in [2.45, 2.75) is 19.4 Å². The van der Waals surface area contributed by atoms with Crippen LogP contribution in [-0.4, -0.2) is 48.9 Å². The third-order valence-corrected chi connectivity index (χ3v) is 6.68. The van der Waals surface area contributed by atoms with Crippen molar-refractivity contribution >= 4 is 43.8 Å². The predicted molar refractivity (Wildman–Crippen MR) is 125 cm³/mol. The number of nitrogens with zero attached hydrogens (tertiary/aromatic N) is 4. The number of methoxy groups -OCH3 is 1. The summed E-state index contributed by atoms with van der Waals surface area (Å²) in [6.45, 7) is 1.64. The largest absolute Gasteiger partial charge is 0.497 e. The highest BCUT2D eigenvalue weighted by molar-refractivity contribution is 7.92. The van der Waals surface area contributed by atoms with E-state index in [-0.39, 0.29) is 22.9 Å². The molecular weight excluding hydrogens is 470 g/mol. The number of rotatable bonds is 9. The second kappa shape index (κ2) is 9.92. The van der Waals surface area contributed by atoms with Crippen LogP contribution in [0.15, 0.2) is 48.5 Å². The molecule has 0 aliphatic carbocycles. The monoisotopic (exact) mass is 491 g/mol. The summed E-state index contributed by atoms with van der Waals surface area (Å²) in [6, 6.07) is 11.1. The van der Waals surface area contributed by atoms with Crippen molar-refractivity contribution < 1.29 is 22.9 Å². The van der Waals surface area contributed by atoms with Crippen LogP contribution in [0.1, 0.15) is 13.3 Å². The first-order valence-corrected chi connectivity index (χ1v) is 12.3. The number of carbonyl (C=O) groups is 1. The van der Waals surface area contributed by atoms with Gasteiger partial charge in [0, 0.05) is 17.7 Å². The zero-order valence-corrected chi connectivity index (χ0v) is 19.6. The molecule has 0 aliphatic heterocycles. The van der Waals surface area contributed by atoms with Gasteiger partial charge in [0.2, 0.25) is 21.1 Å². The van der Waals surface area contributed by atoms with Crippen molar-refractivity contribution in [3.8, 4) is 16.3 Å². The summed E-state index contributed by atoms with van der Waals surface area (Å²) in [4.78, 5) is 23.5. The number of carbonyl (C=O) groups excluding carboxylic acids is 1. The SMILES string of the molecule is CC[C@H](C(=O)Nc1nnc(-c2ccc(OC)cc2)s1)N(c1cccc([N+](=O)[O-])c1)S(C)(=O)=O. The Kier molecular flexibility index (Phi) is 7.23. The molecule has 1 heterocycles. The minimum atomic E-state index is -3.95. The molecule has 2 aromatic carbocycles. The summed E-state index contributed by atoms with van der Waals surface area (Å²) in [6.07, 6.45) is 1.06. The Labute approximate surface area is 194 Å². The molecule has 1 aromatic heterocycles. The molecule has 13 heteroatoms. The van der Waals surface area contributed by atoms with E-state index in [4.69, 9.17) is 4.74 Å². The van der Waals surface area contributed by atoms with E-state index < -0.39 is 26.9 Å². The lowest BCUT2D eigenvalue weighted by atomic mass is 10.2. The van der Waals surface area contributed by atoms with E-state index in [0.717, 1.165) is 33.5 Å². The van der Waals surface area contributed by atoms with Crippen molar-refractivity contribution in [3.63, 3.8) is 0 Å². The van der Waals surface area contributed by atoms with E-state index in [1.165, 1.54) is 18.2 Å². The number of hydrogen-bond acceptors (Lipinski definition) is 9. The summed E-state index contributed by atoms with van der Waals surface area (Å²) in [5.74, 6) is 0.0523. The number of anilines is 2. The first-order chi connectivity index (χ1) is 15.6. The average Bonchev–Trinajstić information content (AvgIpc) is 3.24. The molecule has 0 saturated heterocycles. The maximum absolute atomic E-state index is 13.0. The van der Waals surface area contributed by atoms with Gasteiger partial charge in [0.05, 0.1) is 24.0 Å². The highest BCUT2D eigenvalue weighted by Gasteiger charge is 2.32. The molecule has 0 spiro atoms. The van der Waals surface area contributed by atoms with Crippen LogP contribution in [0, 0.1) is 10.1 Å². The number of benzene rings is 2. The van der Waals surface area contributed by atoms with Gasteiger partial charge in [-0.1, -0.05) is 24.3 Å². The quantitative estimate of drug-likeness (QED) is 0.354. The van der Waals surface area contributed by atoms with Crippen molar-refractivity contribution in [3.05, 3.63) is 58.6 Å². The second-order valence-electron chi connectivity index (χ2n) is 6.89. The maximum atomic E-state index is 13.0. The van der Waals surface area contributed by atoms with E-state index >= 15 is 0 Å². The Morgan fingerprint density at radius 1 is 1.24 bits per heavy atom. The molecule has 33 heavy (non-hydrogen) atoms. The van der Waals surface area contributed by atoms with E-state index in [9.17, 15) is 23.3 Å². The highest BCUT2D eigenvalue weighted by Crippen LogP contribution is 2.30. The third kappa shape index (κ3) is 5.62. The molecule has 0 unspecified atom stereocenters. The summed E-state index contributed by atoms with van der Waals surface area (Å²) in [5.41, 5.74) is 0.504. The van der Waals surface area contributed by atoms with Gasteiger partial charge in [-0.2, -0.15) is 0 Å². The average molecular weight is 492 g/mol. The summed E-state index contributed by atoms with van der Waals surface area (Å²) < 4.78 is 31.1. The van der Waals surface area contributed by atoms with E-state index in [0.29, 0.717) is 10.8 Å². The van der Waals surface area contributed by atoms with Crippen LogP contribution in [0.2, 0.25) is 0 Å². The van der Waals surface area contributed by atoms with Crippen LogP contribution < -0.4 is 14.4 Å². The van der Waals surface area contributed by atoms with Crippen molar-refractivity contribution in [2.75, 3.05) is 23.0 Å². The smallest absolute Gasteiger partial charge is 0.271 e. The highest BCUT2D eigenvalue weighted by atomic mass is 32.2. The predicted octanol–water partition coefficient (Wildman–Crippen LogP) is 3.31. The van der Waals surface area contributed by atoms with Crippen LogP contribution in [0.3, 0.4) is 0 Å². The summed E-state index contributed by atoms with van der Waals surface area (Å²) >= 11 is 1.12. The number of nitro groups is 1. The number of aromatic nitrogens is 2. The van der Waals surface area contributed by atoms with Gasteiger partial charge in [0.25, 0.3) is 5.69 Å². The fourth-order valence-electron chi connectivity index (χ4n) is 3.12. The van der Waals surface area contributed by atoms with Gasteiger partial charge >= 0.3 is 0 Å². The number of sulfonamides is 1. The van der Waals surface area contributed by atoms with Crippen LogP contribution in [0.4, 0.5) is 16.5 Å². The Morgan fingerprint density at radius 3 is 2.52 bits per heavy atom. The lowest BCUT2D eigenvalue weighted by Gasteiger charge is -2.29. The normalized spacial score (nSPS) is 12.1. The molecule has 1 amide bonds. The Morgan fingerprint density at radius 2 is 1.94 bits per heavy atom. The van der Waals surface area contributed by atoms with Gasteiger partial charge in [0.15, 0.2) is 0 Å². The fraction of sp³-hybridized carbons (Fsp3) is 0.250. The zero-order valence-electron chi connectivity index (χ0n) is 18.0. The van der Waals surface area contributed by atoms with E-state index in [1.807, 2.05) is 0 Å². The molecule has 174 valence electrons. The molecule has 3 rings (SSSR count). The standard InChI is InChI=1S/C20H21N5O6S2/c1-4-17(24(33(3,29)30)14-6-5-7-15(12-14)25(27)28)18(26)21-20-23-22-19(32-20)13-8-10-16(31-2)11-9-13/h5-12,17H,4H2,1-3H3,(H,21,23,26)/t17-/m1/s1. The number of hydrogen-bond donors (Lipinski definition) is 1. The van der Waals surface area contributed by atoms with Gasteiger partial charge in [-0.15, -0.1) is 10.2 Å². The number of ether oxygens (including phenoxy) is 1. The lowest BCUT2D eigenvalue weighted by Crippen LogP contribution is -2.47. The molecule has 0 radical (unpaired) electrons. The second-order valence-corrected chi connectivity index (χ2v) is 9.73. The molecule has 0 bridgehead atoms. The van der Waals surface area contributed by atoms with Gasteiger partial charge in [-0.25, -0.2) is 8.42 Å². The molecule has 11 nitrogen and oxygen atoms in total. The van der Waals surface area contributed by atoms with Crippen LogP contribution in [-0.2, 0) is 14.8 Å². The van der Waals surface area contributed by atoms with Crippen LogP contribution in [0.25, 0.3) is 10.6 Å². The molecule has 1 N–H and O–H groups in total. The zero-order chi connectivity index (χ0) is 24.2. The molecule has 0 aliphatic rings. The molecular formula is C20H21N5O6S2. The molecule has 3 aromatic rings. The Bertz CT molecular complexity index is 1260. The topological polar surface area (TPSA) is 145 Å². The number of non-ortho nitro benzene ring substituents is 1. The maximum Gasteiger partial charge on any atom is 0.271 e. The summed E-state index contributed by atoms with van der Waals surface area (Å²) in [5, 5.41) is 22.5. The van der Waals surface area contributed by atoms with Crippen LogP contribution >= 0.6 is 11.3 Å². The van der Waals surface area contributed by atoms with Gasteiger partial charge in [-0.05, 0) is 36.8 Å².